The van der Waals surface area contributed by atoms with Crippen molar-refractivity contribution in [3.05, 3.63) is 45.2 Å². The number of hydrogen-bond donors (Lipinski definition) is 1. The number of hydrogen-bond acceptors (Lipinski definition) is 2. The Morgan fingerprint density at radius 3 is 2.56 bits per heavy atom. The first-order valence-corrected chi connectivity index (χ1v) is 6.51. The van der Waals surface area contributed by atoms with Gasteiger partial charge in [0.25, 0.3) is 0 Å². The summed E-state index contributed by atoms with van der Waals surface area (Å²) in [7, 11) is 0. The second-order valence-electron chi connectivity index (χ2n) is 4.17. The summed E-state index contributed by atoms with van der Waals surface area (Å²) in [5.41, 5.74) is 9.31. The molecule has 0 saturated carbocycles. The third-order valence-electron chi connectivity index (χ3n) is 2.92. The molecule has 0 fully saturated rings. The van der Waals surface area contributed by atoms with E-state index in [2.05, 4.69) is 5.10 Å². The van der Waals surface area contributed by atoms with E-state index in [0.29, 0.717) is 23.0 Å². The van der Waals surface area contributed by atoms with Gasteiger partial charge in [0, 0.05) is 5.02 Å². The van der Waals surface area contributed by atoms with Gasteiger partial charge in [0.15, 0.2) is 0 Å². The second kappa shape index (κ2) is 5.31. The molecular formula is C13H15Cl2N3. The van der Waals surface area contributed by atoms with Crippen molar-refractivity contribution < 1.29 is 0 Å². The molecule has 0 bridgehead atoms. The zero-order valence-corrected chi connectivity index (χ0v) is 11.9. The van der Waals surface area contributed by atoms with E-state index in [4.69, 9.17) is 28.9 Å². The number of halogens is 2. The van der Waals surface area contributed by atoms with Crippen LogP contribution in [-0.2, 0) is 6.42 Å². The third-order valence-corrected chi connectivity index (χ3v) is 3.82. The molecule has 0 aliphatic carbocycles. The van der Waals surface area contributed by atoms with Crippen LogP contribution in [0.25, 0.3) is 5.69 Å². The molecule has 0 amide bonds. The number of aryl methyl sites for hydroxylation is 1. The summed E-state index contributed by atoms with van der Waals surface area (Å²) >= 11 is 12.4. The number of nitrogens with zero attached hydrogens (tertiary/aromatic N) is 2. The van der Waals surface area contributed by atoms with Gasteiger partial charge in [0.1, 0.15) is 0 Å². The van der Waals surface area contributed by atoms with Gasteiger partial charge in [-0.15, -0.1) is 0 Å². The van der Waals surface area contributed by atoms with Crippen LogP contribution in [0, 0.1) is 13.8 Å². The quantitative estimate of drug-likeness (QED) is 0.939. The average molecular weight is 284 g/mol. The molecule has 5 heteroatoms. The largest absolute Gasteiger partial charge is 0.330 e. The molecule has 2 aromatic rings. The van der Waals surface area contributed by atoms with E-state index in [1.54, 1.807) is 0 Å². The standard InChI is InChI=1S/C13H15Cl2N3/c1-8-13(15)9(2)18(17-8)12-5-3-4-11(14)10(12)6-7-16/h3-5H,6-7,16H2,1-2H3. The van der Waals surface area contributed by atoms with Gasteiger partial charge in [-0.3, -0.25) is 0 Å². The maximum Gasteiger partial charge on any atom is 0.0848 e. The van der Waals surface area contributed by atoms with E-state index in [0.717, 1.165) is 22.6 Å². The van der Waals surface area contributed by atoms with Crippen molar-refractivity contribution in [2.45, 2.75) is 20.3 Å². The van der Waals surface area contributed by atoms with Crippen molar-refractivity contribution >= 4 is 23.2 Å². The molecular weight excluding hydrogens is 269 g/mol. The predicted octanol–water partition coefficient (Wildman–Crippen LogP) is 3.30. The molecule has 0 radical (unpaired) electrons. The second-order valence-corrected chi connectivity index (χ2v) is 4.96. The molecule has 0 unspecified atom stereocenters. The lowest BCUT2D eigenvalue weighted by Crippen LogP contribution is -2.09. The van der Waals surface area contributed by atoms with Crippen LogP contribution in [0.4, 0.5) is 0 Å². The first-order chi connectivity index (χ1) is 8.56. The van der Waals surface area contributed by atoms with E-state index < -0.39 is 0 Å². The van der Waals surface area contributed by atoms with Gasteiger partial charge >= 0.3 is 0 Å². The molecule has 0 spiro atoms. The van der Waals surface area contributed by atoms with E-state index in [-0.39, 0.29) is 0 Å². The normalized spacial score (nSPS) is 10.9. The molecule has 3 nitrogen and oxygen atoms in total. The van der Waals surface area contributed by atoms with Gasteiger partial charge in [-0.1, -0.05) is 29.3 Å². The Balaban J connectivity index is 2.63. The first-order valence-electron chi connectivity index (χ1n) is 5.75. The van der Waals surface area contributed by atoms with Crippen molar-refractivity contribution in [1.82, 2.24) is 9.78 Å². The molecule has 1 aromatic carbocycles. The van der Waals surface area contributed by atoms with Crippen molar-refractivity contribution in [3.8, 4) is 5.69 Å². The molecule has 2 N–H and O–H groups in total. The minimum absolute atomic E-state index is 0.545. The zero-order valence-electron chi connectivity index (χ0n) is 10.4. The van der Waals surface area contributed by atoms with E-state index in [1.165, 1.54) is 0 Å². The van der Waals surface area contributed by atoms with Gasteiger partial charge in [0.2, 0.25) is 0 Å². The first kappa shape index (κ1) is 13.4. The molecule has 18 heavy (non-hydrogen) atoms. The van der Waals surface area contributed by atoms with Crippen LogP contribution in [0.1, 0.15) is 17.0 Å². The highest BCUT2D eigenvalue weighted by Gasteiger charge is 2.14. The van der Waals surface area contributed by atoms with Crippen LogP contribution < -0.4 is 5.73 Å². The summed E-state index contributed by atoms with van der Waals surface area (Å²) in [5, 5.41) is 5.85. The maximum atomic E-state index is 6.23. The number of benzene rings is 1. The van der Waals surface area contributed by atoms with Crippen molar-refractivity contribution in [2.24, 2.45) is 5.73 Å². The highest BCUT2D eigenvalue weighted by molar-refractivity contribution is 6.32. The summed E-state index contributed by atoms with van der Waals surface area (Å²) in [6, 6.07) is 5.75. The predicted molar refractivity (Wildman–Crippen MR) is 75.8 cm³/mol. The Labute approximate surface area is 117 Å². The lowest BCUT2D eigenvalue weighted by Gasteiger charge is -2.12. The Morgan fingerprint density at radius 1 is 1.28 bits per heavy atom. The number of rotatable bonds is 3. The Morgan fingerprint density at radius 2 is 2.00 bits per heavy atom. The van der Waals surface area contributed by atoms with Gasteiger partial charge in [0.05, 0.1) is 22.1 Å². The van der Waals surface area contributed by atoms with Gasteiger partial charge in [-0.2, -0.15) is 5.10 Å². The SMILES string of the molecule is Cc1nn(-c2cccc(Cl)c2CCN)c(C)c1Cl. The van der Waals surface area contributed by atoms with Crippen LogP contribution in [0.3, 0.4) is 0 Å². The molecule has 1 aromatic heterocycles. The molecule has 96 valence electrons. The lowest BCUT2D eigenvalue weighted by atomic mass is 10.1. The molecule has 0 aliphatic rings. The Bertz CT molecular complexity index is 576. The van der Waals surface area contributed by atoms with Crippen LogP contribution in [0.5, 0.6) is 0 Å². The average Bonchev–Trinajstić information content (AvgIpc) is 2.60. The molecule has 1 heterocycles. The third kappa shape index (κ3) is 2.26. The summed E-state index contributed by atoms with van der Waals surface area (Å²) < 4.78 is 1.83. The minimum atomic E-state index is 0.545. The van der Waals surface area contributed by atoms with Gasteiger partial charge < -0.3 is 5.73 Å². The van der Waals surface area contributed by atoms with Gasteiger partial charge in [-0.05, 0) is 44.5 Å². The van der Waals surface area contributed by atoms with Crippen molar-refractivity contribution in [2.75, 3.05) is 6.54 Å². The number of nitrogens with two attached hydrogens (primary N) is 1. The van der Waals surface area contributed by atoms with Crippen LogP contribution in [0.2, 0.25) is 10.0 Å². The zero-order chi connectivity index (χ0) is 13.3. The molecule has 0 atom stereocenters. The fourth-order valence-electron chi connectivity index (χ4n) is 2.00. The molecule has 0 aliphatic heterocycles. The smallest absolute Gasteiger partial charge is 0.0848 e. The topological polar surface area (TPSA) is 43.8 Å². The van der Waals surface area contributed by atoms with Crippen molar-refractivity contribution in [3.63, 3.8) is 0 Å². The summed E-state index contributed by atoms with van der Waals surface area (Å²) in [6.45, 7) is 4.37. The Kier molecular flexibility index (Phi) is 3.95. The summed E-state index contributed by atoms with van der Waals surface area (Å²) in [4.78, 5) is 0. The van der Waals surface area contributed by atoms with E-state index in [9.17, 15) is 0 Å². The van der Waals surface area contributed by atoms with Crippen LogP contribution >= 0.6 is 23.2 Å². The van der Waals surface area contributed by atoms with Gasteiger partial charge in [-0.25, -0.2) is 4.68 Å². The minimum Gasteiger partial charge on any atom is -0.330 e. The van der Waals surface area contributed by atoms with Crippen LogP contribution in [-0.4, -0.2) is 16.3 Å². The monoisotopic (exact) mass is 283 g/mol. The lowest BCUT2D eigenvalue weighted by molar-refractivity contribution is 0.814. The fourth-order valence-corrected chi connectivity index (χ4v) is 2.38. The van der Waals surface area contributed by atoms with Crippen LogP contribution in [0.15, 0.2) is 18.2 Å². The summed E-state index contributed by atoms with van der Waals surface area (Å²) in [5.74, 6) is 0. The highest BCUT2D eigenvalue weighted by Crippen LogP contribution is 2.27. The molecule has 0 saturated heterocycles. The Hall–Kier alpha value is -1.03. The maximum absolute atomic E-state index is 6.23. The number of aromatic nitrogens is 2. The fraction of sp³-hybridized carbons (Fsp3) is 0.308. The van der Waals surface area contributed by atoms with E-state index >= 15 is 0 Å². The highest BCUT2D eigenvalue weighted by atomic mass is 35.5. The summed E-state index contributed by atoms with van der Waals surface area (Å²) in [6.07, 6.45) is 0.713. The van der Waals surface area contributed by atoms with Crippen molar-refractivity contribution in [1.29, 1.82) is 0 Å². The van der Waals surface area contributed by atoms with E-state index in [1.807, 2.05) is 36.7 Å². The molecule has 2 rings (SSSR count).